The third-order valence-corrected chi connectivity index (χ3v) is 3.95. The average Bonchev–Trinajstić information content (AvgIpc) is 2.66. The van der Waals surface area contributed by atoms with Crippen molar-refractivity contribution in [3.05, 3.63) is 53.1 Å². The van der Waals surface area contributed by atoms with Crippen LogP contribution in [0.4, 0.5) is 14.5 Å². The standard InChI is InChI=1S/C18H16F2N2O5/c1-2-26-17-12(19)5-10(6-13(17)20)8-22-14-7-11(18(24)21-25)3-4-15(14)27-9-16(22)23/h3-7,25H,2,8-9H2,1H3,(H,21,24). The molecule has 142 valence electrons. The van der Waals surface area contributed by atoms with E-state index in [1.165, 1.54) is 28.6 Å². The van der Waals surface area contributed by atoms with E-state index in [0.717, 1.165) is 12.1 Å². The number of hydrogen-bond acceptors (Lipinski definition) is 5. The first-order valence-corrected chi connectivity index (χ1v) is 8.07. The van der Waals surface area contributed by atoms with Crippen molar-refractivity contribution in [3.63, 3.8) is 0 Å². The number of nitrogens with zero attached hydrogens (tertiary/aromatic N) is 1. The SMILES string of the molecule is CCOc1c(F)cc(CN2C(=O)COc3ccc(C(=O)NO)cc32)cc1F. The molecule has 1 heterocycles. The van der Waals surface area contributed by atoms with Crippen molar-refractivity contribution in [1.29, 1.82) is 0 Å². The van der Waals surface area contributed by atoms with Crippen LogP contribution in [-0.2, 0) is 11.3 Å². The molecule has 9 heteroatoms. The minimum Gasteiger partial charge on any atom is -0.488 e. The van der Waals surface area contributed by atoms with Gasteiger partial charge in [-0.25, -0.2) is 14.3 Å². The van der Waals surface area contributed by atoms with Crippen molar-refractivity contribution in [3.8, 4) is 11.5 Å². The predicted molar refractivity (Wildman–Crippen MR) is 89.9 cm³/mol. The lowest BCUT2D eigenvalue weighted by Crippen LogP contribution is -2.38. The van der Waals surface area contributed by atoms with E-state index in [2.05, 4.69) is 0 Å². The van der Waals surface area contributed by atoms with Crippen LogP contribution in [0.25, 0.3) is 0 Å². The number of amides is 2. The molecule has 1 aliphatic rings. The highest BCUT2D eigenvalue weighted by atomic mass is 19.1. The zero-order valence-electron chi connectivity index (χ0n) is 14.3. The quantitative estimate of drug-likeness (QED) is 0.616. The monoisotopic (exact) mass is 378 g/mol. The third-order valence-electron chi connectivity index (χ3n) is 3.95. The van der Waals surface area contributed by atoms with Gasteiger partial charge in [0.25, 0.3) is 11.8 Å². The molecule has 0 radical (unpaired) electrons. The molecule has 0 fully saturated rings. The van der Waals surface area contributed by atoms with E-state index >= 15 is 0 Å². The summed E-state index contributed by atoms with van der Waals surface area (Å²) in [5.41, 5.74) is 2.04. The van der Waals surface area contributed by atoms with Gasteiger partial charge in [-0.1, -0.05) is 0 Å². The van der Waals surface area contributed by atoms with E-state index in [9.17, 15) is 18.4 Å². The largest absolute Gasteiger partial charge is 0.488 e. The second kappa shape index (κ2) is 7.58. The summed E-state index contributed by atoms with van der Waals surface area (Å²) >= 11 is 0. The maximum absolute atomic E-state index is 14.1. The van der Waals surface area contributed by atoms with E-state index in [1.54, 1.807) is 6.92 Å². The molecule has 0 aliphatic carbocycles. The lowest BCUT2D eigenvalue weighted by atomic mass is 10.1. The molecule has 0 atom stereocenters. The Balaban J connectivity index is 1.96. The summed E-state index contributed by atoms with van der Waals surface area (Å²) in [6, 6.07) is 6.40. The topological polar surface area (TPSA) is 88.1 Å². The van der Waals surface area contributed by atoms with Crippen molar-refractivity contribution >= 4 is 17.5 Å². The molecule has 7 nitrogen and oxygen atoms in total. The number of hydroxylamine groups is 1. The first kappa shape index (κ1) is 18.6. The Morgan fingerprint density at radius 2 is 2.00 bits per heavy atom. The number of carbonyl (C=O) groups excluding carboxylic acids is 2. The van der Waals surface area contributed by atoms with Gasteiger partial charge in [-0.2, -0.15) is 0 Å². The van der Waals surface area contributed by atoms with Gasteiger partial charge in [-0.15, -0.1) is 0 Å². The molecule has 0 saturated heterocycles. The van der Waals surface area contributed by atoms with E-state index in [-0.39, 0.29) is 36.6 Å². The van der Waals surface area contributed by atoms with Crippen LogP contribution < -0.4 is 19.9 Å². The molecule has 0 saturated carbocycles. The highest BCUT2D eigenvalue weighted by Crippen LogP contribution is 2.34. The van der Waals surface area contributed by atoms with Crippen molar-refractivity contribution < 1.29 is 33.1 Å². The predicted octanol–water partition coefficient (Wildman–Crippen LogP) is 2.41. The summed E-state index contributed by atoms with van der Waals surface area (Å²) in [5.74, 6) is -3.11. The minimum absolute atomic E-state index is 0.0867. The smallest absolute Gasteiger partial charge is 0.274 e. The van der Waals surface area contributed by atoms with Crippen LogP contribution in [-0.4, -0.2) is 30.2 Å². The zero-order valence-corrected chi connectivity index (χ0v) is 14.3. The van der Waals surface area contributed by atoms with Gasteiger partial charge in [-0.05, 0) is 42.8 Å². The number of fused-ring (bicyclic) bond motifs is 1. The Kier molecular flexibility index (Phi) is 5.22. The van der Waals surface area contributed by atoms with Gasteiger partial charge in [0.1, 0.15) is 5.75 Å². The Bertz CT molecular complexity index is 880. The molecule has 1 aliphatic heterocycles. The lowest BCUT2D eigenvalue weighted by molar-refractivity contribution is -0.121. The van der Waals surface area contributed by atoms with Gasteiger partial charge in [0, 0.05) is 5.56 Å². The molecule has 3 rings (SSSR count). The Morgan fingerprint density at radius 1 is 1.30 bits per heavy atom. The highest BCUT2D eigenvalue weighted by molar-refractivity contribution is 6.01. The van der Waals surface area contributed by atoms with Crippen LogP contribution in [0.2, 0.25) is 0 Å². The summed E-state index contributed by atoms with van der Waals surface area (Å²) in [5, 5.41) is 8.77. The number of ether oxygens (including phenoxy) is 2. The second-order valence-electron chi connectivity index (χ2n) is 5.71. The fourth-order valence-electron chi connectivity index (χ4n) is 2.75. The maximum atomic E-state index is 14.1. The average molecular weight is 378 g/mol. The fourth-order valence-corrected chi connectivity index (χ4v) is 2.75. The van der Waals surface area contributed by atoms with Gasteiger partial charge in [0.15, 0.2) is 24.0 Å². The van der Waals surface area contributed by atoms with E-state index in [1.807, 2.05) is 0 Å². The lowest BCUT2D eigenvalue weighted by Gasteiger charge is -2.30. The van der Waals surface area contributed by atoms with E-state index in [4.69, 9.17) is 14.7 Å². The molecule has 27 heavy (non-hydrogen) atoms. The van der Waals surface area contributed by atoms with Gasteiger partial charge < -0.3 is 14.4 Å². The first-order chi connectivity index (χ1) is 12.9. The van der Waals surface area contributed by atoms with Crippen LogP contribution in [0.1, 0.15) is 22.8 Å². The van der Waals surface area contributed by atoms with Crippen molar-refractivity contribution in [1.82, 2.24) is 5.48 Å². The molecule has 0 bridgehead atoms. The molecule has 0 spiro atoms. The van der Waals surface area contributed by atoms with E-state index in [0.29, 0.717) is 5.75 Å². The minimum atomic E-state index is -0.874. The summed E-state index contributed by atoms with van der Waals surface area (Å²) < 4.78 is 38.4. The Hall–Kier alpha value is -3.20. The Morgan fingerprint density at radius 3 is 2.63 bits per heavy atom. The van der Waals surface area contributed by atoms with Crippen molar-refractivity contribution in [2.24, 2.45) is 0 Å². The fraction of sp³-hybridized carbons (Fsp3) is 0.222. The first-order valence-electron chi connectivity index (χ1n) is 8.07. The van der Waals surface area contributed by atoms with Crippen molar-refractivity contribution in [2.75, 3.05) is 18.1 Å². The van der Waals surface area contributed by atoms with Crippen molar-refractivity contribution in [2.45, 2.75) is 13.5 Å². The summed E-state index contributed by atoms with van der Waals surface area (Å²) in [6.45, 7) is 1.33. The number of halogens is 2. The number of hydrogen-bond donors (Lipinski definition) is 2. The number of rotatable bonds is 5. The maximum Gasteiger partial charge on any atom is 0.274 e. The van der Waals surface area contributed by atoms with Crippen LogP contribution in [0.3, 0.4) is 0 Å². The number of benzene rings is 2. The summed E-state index contributed by atoms with van der Waals surface area (Å²) in [4.78, 5) is 25.2. The molecular weight excluding hydrogens is 362 g/mol. The normalized spacial score (nSPS) is 13.0. The summed E-state index contributed by atoms with van der Waals surface area (Å²) in [7, 11) is 0. The second-order valence-corrected chi connectivity index (χ2v) is 5.71. The Labute approximate surface area is 153 Å². The van der Waals surface area contributed by atoms with Crippen LogP contribution in [0.5, 0.6) is 11.5 Å². The highest BCUT2D eigenvalue weighted by Gasteiger charge is 2.27. The molecule has 0 aromatic heterocycles. The zero-order chi connectivity index (χ0) is 19.6. The third kappa shape index (κ3) is 3.68. The molecule has 2 aromatic rings. The molecule has 2 aromatic carbocycles. The molecular formula is C18H16F2N2O5. The van der Waals surface area contributed by atoms with E-state index < -0.39 is 29.2 Å². The molecule has 0 unspecified atom stereocenters. The number of nitrogens with one attached hydrogen (secondary N) is 1. The van der Waals surface area contributed by atoms with Crippen LogP contribution in [0.15, 0.2) is 30.3 Å². The van der Waals surface area contributed by atoms with Crippen LogP contribution >= 0.6 is 0 Å². The summed E-state index contributed by atoms with van der Waals surface area (Å²) in [6.07, 6.45) is 0. The number of anilines is 1. The molecule has 2 amide bonds. The van der Waals surface area contributed by atoms with Gasteiger partial charge in [0.05, 0.1) is 18.8 Å². The molecule has 2 N–H and O–H groups in total. The number of carbonyl (C=O) groups is 2. The van der Waals surface area contributed by atoms with Crippen LogP contribution in [0, 0.1) is 11.6 Å². The van der Waals surface area contributed by atoms with Gasteiger partial charge >= 0.3 is 0 Å². The van der Waals surface area contributed by atoms with Gasteiger partial charge in [0.2, 0.25) is 0 Å². The van der Waals surface area contributed by atoms with Gasteiger partial charge in [-0.3, -0.25) is 14.8 Å².